The SMILES string of the molecule is O=C(CCCc1ccc2c(c1)OCCO2)NCCOc1ccccc1. The van der Waals surface area contributed by atoms with Crippen LogP contribution in [0.2, 0.25) is 0 Å². The number of ether oxygens (including phenoxy) is 3. The van der Waals surface area contributed by atoms with Crippen molar-refractivity contribution in [1.29, 1.82) is 0 Å². The molecule has 0 aliphatic carbocycles. The molecule has 1 N–H and O–H groups in total. The summed E-state index contributed by atoms with van der Waals surface area (Å²) in [4.78, 5) is 11.9. The molecule has 5 heteroatoms. The first-order chi connectivity index (χ1) is 12.3. The molecule has 0 atom stereocenters. The van der Waals surface area contributed by atoms with Gasteiger partial charge in [-0.1, -0.05) is 24.3 Å². The number of para-hydroxylation sites is 1. The number of rotatable bonds is 8. The molecule has 5 nitrogen and oxygen atoms in total. The minimum Gasteiger partial charge on any atom is -0.492 e. The second-order valence-electron chi connectivity index (χ2n) is 5.84. The van der Waals surface area contributed by atoms with Crippen LogP contribution in [-0.4, -0.2) is 32.3 Å². The standard InChI is InChI=1S/C20H23NO4/c22-20(21-11-12-23-17-6-2-1-3-7-17)8-4-5-16-9-10-18-19(15-16)25-14-13-24-18/h1-3,6-7,9-10,15H,4-5,8,11-14H2,(H,21,22). The van der Waals surface area contributed by atoms with Gasteiger partial charge in [-0.2, -0.15) is 0 Å². The fourth-order valence-corrected chi connectivity index (χ4v) is 2.66. The Bertz CT molecular complexity index is 687. The van der Waals surface area contributed by atoms with Crippen molar-refractivity contribution in [2.45, 2.75) is 19.3 Å². The maximum atomic E-state index is 11.9. The van der Waals surface area contributed by atoms with Crippen LogP contribution in [0.5, 0.6) is 17.2 Å². The van der Waals surface area contributed by atoms with E-state index in [1.165, 1.54) is 0 Å². The number of nitrogens with one attached hydrogen (secondary N) is 1. The van der Waals surface area contributed by atoms with Crippen LogP contribution in [0.3, 0.4) is 0 Å². The lowest BCUT2D eigenvalue weighted by molar-refractivity contribution is -0.121. The highest BCUT2D eigenvalue weighted by atomic mass is 16.6. The average Bonchev–Trinajstić information content (AvgIpc) is 2.66. The third-order valence-corrected chi connectivity index (χ3v) is 3.91. The fraction of sp³-hybridized carbons (Fsp3) is 0.350. The smallest absolute Gasteiger partial charge is 0.220 e. The lowest BCUT2D eigenvalue weighted by Gasteiger charge is -2.18. The van der Waals surface area contributed by atoms with Gasteiger partial charge in [0.25, 0.3) is 0 Å². The predicted octanol–water partition coefficient (Wildman–Crippen LogP) is 2.98. The summed E-state index contributed by atoms with van der Waals surface area (Å²) in [6.45, 7) is 2.17. The van der Waals surface area contributed by atoms with Crippen molar-refractivity contribution >= 4 is 5.91 Å². The average molecular weight is 341 g/mol. The summed E-state index contributed by atoms with van der Waals surface area (Å²) in [5.41, 5.74) is 1.16. The highest BCUT2D eigenvalue weighted by Crippen LogP contribution is 2.31. The second-order valence-corrected chi connectivity index (χ2v) is 5.84. The summed E-state index contributed by atoms with van der Waals surface area (Å²) in [6, 6.07) is 15.5. The zero-order chi connectivity index (χ0) is 17.3. The van der Waals surface area contributed by atoms with E-state index in [2.05, 4.69) is 5.32 Å². The summed E-state index contributed by atoms with van der Waals surface area (Å²) in [7, 11) is 0. The summed E-state index contributed by atoms with van der Waals surface area (Å²) < 4.78 is 16.6. The van der Waals surface area contributed by atoms with Crippen LogP contribution >= 0.6 is 0 Å². The zero-order valence-corrected chi connectivity index (χ0v) is 14.2. The highest BCUT2D eigenvalue weighted by molar-refractivity contribution is 5.75. The van der Waals surface area contributed by atoms with E-state index in [0.29, 0.717) is 32.8 Å². The maximum absolute atomic E-state index is 11.9. The summed E-state index contributed by atoms with van der Waals surface area (Å²) >= 11 is 0. The molecule has 0 saturated carbocycles. The molecule has 0 saturated heterocycles. The molecule has 1 aliphatic rings. The fourth-order valence-electron chi connectivity index (χ4n) is 2.66. The monoisotopic (exact) mass is 341 g/mol. The Morgan fingerprint density at radius 1 is 1.04 bits per heavy atom. The zero-order valence-electron chi connectivity index (χ0n) is 14.2. The Morgan fingerprint density at radius 2 is 1.84 bits per heavy atom. The first kappa shape index (κ1) is 17.1. The minimum atomic E-state index is 0.0502. The van der Waals surface area contributed by atoms with Crippen LogP contribution in [0, 0.1) is 0 Å². The van der Waals surface area contributed by atoms with E-state index in [4.69, 9.17) is 14.2 Å². The molecule has 0 spiro atoms. The molecule has 0 fully saturated rings. The topological polar surface area (TPSA) is 56.8 Å². The van der Waals surface area contributed by atoms with Crippen molar-refractivity contribution in [3.63, 3.8) is 0 Å². The van der Waals surface area contributed by atoms with E-state index >= 15 is 0 Å². The van der Waals surface area contributed by atoms with Gasteiger partial charge in [-0.05, 0) is 42.7 Å². The van der Waals surface area contributed by atoms with Crippen LogP contribution in [0.15, 0.2) is 48.5 Å². The highest BCUT2D eigenvalue weighted by Gasteiger charge is 2.11. The van der Waals surface area contributed by atoms with Gasteiger partial charge in [0, 0.05) is 6.42 Å². The maximum Gasteiger partial charge on any atom is 0.220 e. The van der Waals surface area contributed by atoms with Crippen molar-refractivity contribution in [2.24, 2.45) is 0 Å². The molecular weight excluding hydrogens is 318 g/mol. The number of aryl methyl sites for hydroxylation is 1. The number of carbonyl (C=O) groups is 1. The molecule has 132 valence electrons. The normalized spacial score (nSPS) is 12.5. The van der Waals surface area contributed by atoms with Gasteiger partial charge in [0.1, 0.15) is 25.6 Å². The first-order valence-electron chi connectivity index (χ1n) is 8.64. The quantitative estimate of drug-likeness (QED) is 0.750. The summed E-state index contributed by atoms with van der Waals surface area (Å²) in [5, 5.41) is 2.88. The number of benzene rings is 2. The van der Waals surface area contributed by atoms with Gasteiger partial charge in [-0.25, -0.2) is 0 Å². The molecule has 1 heterocycles. The molecule has 0 aromatic heterocycles. The molecule has 0 unspecified atom stereocenters. The minimum absolute atomic E-state index is 0.0502. The van der Waals surface area contributed by atoms with Crippen LogP contribution in [0.25, 0.3) is 0 Å². The third-order valence-electron chi connectivity index (χ3n) is 3.91. The van der Waals surface area contributed by atoms with Gasteiger partial charge in [0.05, 0.1) is 6.54 Å². The van der Waals surface area contributed by atoms with Crippen molar-refractivity contribution in [2.75, 3.05) is 26.4 Å². The Hall–Kier alpha value is -2.69. The molecule has 3 rings (SSSR count). The Morgan fingerprint density at radius 3 is 2.68 bits per heavy atom. The lowest BCUT2D eigenvalue weighted by atomic mass is 10.1. The largest absolute Gasteiger partial charge is 0.492 e. The molecule has 1 amide bonds. The molecule has 0 bridgehead atoms. The Kier molecular flexibility index (Phi) is 6.15. The van der Waals surface area contributed by atoms with E-state index in [1.807, 2.05) is 48.5 Å². The van der Waals surface area contributed by atoms with Gasteiger partial charge in [0.2, 0.25) is 5.91 Å². The summed E-state index contributed by atoms with van der Waals surface area (Å²) in [5.74, 6) is 2.46. The van der Waals surface area contributed by atoms with Crippen molar-refractivity contribution in [3.8, 4) is 17.2 Å². The van der Waals surface area contributed by atoms with Crippen LogP contribution < -0.4 is 19.5 Å². The molecule has 25 heavy (non-hydrogen) atoms. The van der Waals surface area contributed by atoms with E-state index in [1.54, 1.807) is 0 Å². The number of hydrogen-bond donors (Lipinski definition) is 1. The van der Waals surface area contributed by atoms with Gasteiger partial charge in [-0.15, -0.1) is 0 Å². The number of carbonyl (C=O) groups excluding carboxylic acids is 1. The molecule has 2 aromatic rings. The first-order valence-corrected chi connectivity index (χ1v) is 8.64. The van der Waals surface area contributed by atoms with Crippen LogP contribution in [0.4, 0.5) is 0 Å². The van der Waals surface area contributed by atoms with Gasteiger partial charge in [-0.3, -0.25) is 4.79 Å². The Balaban J connectivity index is 1.31. The van der Waals surface area contributed by atoms with Gasteiger partial charge in [0.15, 0.2) is 11.5 Å². The third kappa shape index (κ3) is 5.41. The van der Waals surface area contributed by atoms with Crippen molar-refractivity contribution in [1.82, 2.24) is 5.32 Å². The van der Waals surface area contributed by atoms with Crippen molar-refractivity contribution < 1.29 is 19.0 Å². The van der Waals surface area contributed by atoms with E-state index in [-0.39, 0.29) is 5.91 Å². The lowest BCUT2D eigenvalue weighted by Crippen LogP contribution is -2.27. The predicted molar refractivity (Wildman–Crippen MR) is 95.3 cm³/mol. The molecule has 1 aliphatic heterocycles. The van der Waals surface area contributed by atoms with Gasteiger partial charge >= 0.3 is 0 Å². The molecular formula is C20H23NO4. The van der Waals surface area contributed by atoms with E-state index in [9.17, 15) is 4.79 Å². The molecule has 0 radical (unpaired) electrons. The second kappa shape index (κ2) is 8.97. The van der Waals surface area contributed by atoms with Crippen LogP contribution in [0.1, 0.15) is 18.4 Å². The number of amides is 1. The van der Waals surface area contributed by atoms with E-state index < -0.39 is 0 Å². The Labute approximate surface area is 147 Å². The van der Waals surface area contributed by atoms with Gasteiger partial charge < -0.3 is 19.5 Å². The van der Waals surface area contributed by atoms with E-state index in [0.717, 1.165) is 35.7 Å². The number of fused-ring (bicyclic) bond motifs is 1. The molecule has 2 aromatic carbocycles. The summed E-state index contributed by atoms with van der Waals surface area (Å²) in [6.07, 6.45) is 2.13. The number of hydrogen-bond acceptors (Lipinski definition) is 4. The van der Waals surface area contributed by atoms with Crippen molar-refractivity contribution in [3.05, 3.63) is 54.1 Å². The van der Waals surface area contributed by atoms with Crippen LogP contribution in [-0.2, 0) is 11.2 Å².